The Labute approximate surface area is 170 Å². The van der Waals surface area contributed by atoms with Crippen LogP contribution in [0.25, 0.3) is 0 Å². The zero-order chi connectivity index (χ0) is 17.7. The molecular weight excluding hydrogens is 427 g/mol. The predicted molar refractivity (Wildman–Crippen MR) is 116 cm³/mol. The molecule has 0 spiro atoms. The number of piperazine rings is 1. The molecule has 1 aromatic heterocycles. The Morgan fingerprint density at radius 1 is 1.20 bits per heavy atom. The monoisotopic (exact) mass is 462 g/mol. The molecule has 2 rings (SSSR count). The molecular formula is C18H35IN6. The Kier molecular flexibility index (Phi) is 9.20. The van der Waals surface area contributed by atoms with E-state index in [0.29, 0.717) is 6.54 Å². The molecule has 0 atom stereocenters. The van der Waals surface area contributed by atoms with Crippen molar-refractivity contribution in [3.05, 3.63) is 17.0 Å². The normalized spacial score (nSPS) is 16.3. The van der Waals surface area contributed by atoms with Crippen LogP contribution in [0, 0.1) is 19.8 Å². The number of aryl methyl sites for hydroxylation is 2. The van der Waals surface area contributed by atoms with Gasteiger partial charge in [-0.2, -0.15) is 5.10 Å². The number of aliphatic imine (C=N–C) groups is 1. The van der Waals surface area contributed by atoms with E-state index >= 15 is 0 Å². The van der Waals surface area contributed by atoms with Gasteiger partial charge in [0.2, 0.25) is 0 Å². The zero-order valence-corrected chi connectivity index (χ0v) is 19.0. The fourth-order valence-corrected chi connectivity index (χ4v) is 3.28. The summed E-state index contributed by atoms with van der Waals surface area (Å²) >= 11 is 0. The molecule has 0 aliphatic carbocycles. The fraction of sp³-hybridized carbons (Fsp3) is 0.778. The highest BCUT2D eigenvalue weighted by Gasteiger charge is 2.20. The molecule has 144 valence electrons. The van der Waals surface area contributed by atoms with Crippen LogP contribution in [-0.2, 0) is 13.6 Å². The average Bonchev–Trinajstić information content (AvgIpc) is 2.77. The van der Waals surface area contributed by atoms with Crippen LogP contribution in [0.4, 0.5) is 0 Å². The van der Waals surface area contributed by atoms with E-state index in [1.165, 1.54) is 17.8 Å². The number of rotatable bonds is 5. The van der Waals surface area contributed by atoms with Gasteiger partial charge in [0.25, 0.3) is 0 Å². The Balaban J connectivity index is 0.00000312. The second-order valence-corrected chi connectivity index (χ2v) is 7.12. The van der Waals surface area contributed by atoms with Crippen LogP contribution < -0.4 is 5.32 Å². The third-order valence-corrected chi connectivity index (χ3v) is 4.68. The highest BCUT2D eigenvalue weighted by Crippen LogP contribution is 2.13. The molecule has 1 aliphatic heterocycles. The van der Waals surface area contributed by atoms with Gasteiger partial charge < -0.3 is 10.2 Å². The van der Waals surface area contributed by atoms with E-state index < -0.39 is 0 Å². The number of aromatic nitrogens is 2. The second kappa shape index (κ2) is 10.4. The van der Waals surface area contributed by atoms with Gasteiger partial charge in [-0.25, -0.2) is 4.99 Å². The summed E-state index contributed by atoms with van der Waals surface area (Å²) in [5, 5.41) is 7.95. The summed E-state index contributed by atoms with van der Waals surface area (Å²) in [6, 6.07) is 0. The lowest BCUT2D eigenvalue weighted by atomic mass is 10.2. The maximum Gasteiger partial charge on any atom is 0.194 e. The van der Waals surface area contributed by atoms with E-state index in [4.69, 9.17) is 4.99 Å². The van der Waals surface area contributed by atoms with Gasteiger partial charge in [-0.15, -0.1) is 24.0 Å². The van der Waals surface area contributed by atoms with E-state index in [9.17, 15) is 0 Å². The van der Waals surface area contributed by atoms with Gasteiger partial charge in [0.05, 0.1) is 12.2 Å². The molecule has 0 saturated carbocycles. The van der Waals surface area contributed by atoms with Crippen molar-refractivity contribution in [1.82, 2.24) is 24.9 Å². The van der Waals surface area contributed by atoms with E-state index in [1.807, 2.05) is 11.7 Å². The first-order chi connectivity index (χ1) is 11.4. The number of hydrogen-bond acceptors (Lipinski definition) is 3. The molecule has 25 heavy (non-hydrogen) atoms. The van der Waals surface area contributed by atoms with Gasteiger partial charge in [-0.05, 0) is 26.7 Å². The Hall–Kier alpha value is -0.830. The van der Waals surface area contributed by atoms with Crippen molar-refractivity contribution in [1.29, 1.82) is 0 Å². The SMILES string of the molecule is CCNC(=NCc1c(C)nn(C)c1C)N1CCN(CC(C)C)CC1.I. The summed E-state index contributed by atoms with van der Waals surface area (Å²) in [5.74, 6) is 1.76. The van der Waals surface area contributed by atoms with Crippen LogP contribution in [0.3, 0.4) is 0 Å². The third kappa shape index (κ3) is 6.13. The molecule has 1 aromatic rings. The van der Waals surface area contributed by atoms with Crippen LogP contribution in [0.5, 0.6) is 0 Å². The maximum atomic E-state index is 4.89. The third-order valence-electron chi connectivity index (χ3n) is 4.68. The Morgan fingerprint density at radius 3 is 2.32 bits per heavy atom. The molecule has 6 nitrogen and oxygen atoms in total. The van der Waals surface area contributed by atoms with Gasteiger partial charge in [0, 0.05) is 57.6 Å². The van der Waals surface area contributed by atoms with Gasteiger partial charge in [-0.1, -0.05) is 13.8 Å². The summed E-state index contributed by atoms with van der Waals surface area (Å²) in [5.41, 5.74) is 3.52. The number of guanidine groups is 1. The van der Waals surface area contributed by atoms with Crippen LogP contribution >= 0.6 is 24.0 Å². The molecule has 0 amide bonds. The van der Waals surface area contributed by atoms with E-state index in [1.54, 1.807) is 0 Å². The largest absolute Gasteiger partial charge is 0.357 e. The van der Waals surface area contributed by atoms with Gasteiger partial charge in [0.15, 0.2) is 5.96 Å². The number of nitrogens with zero attached hydrogens (tertiary/aromatic N) is 5. The minimum absolute atomic E-state index is 0. The fourth-order valence-electron chi connectivity index (χ4n) is 3.28. The van der Waals surface area contributed by atoms with Crippen molar-refractivity contribution in [2.45, 2.75) is 41.2 Å². The molecule has 0 radical (unpaired) electrons. The second-order valence-electron chi connectivity index (χ2n) is 7.12. The van der Waals surface area contributed by atoms with Crippen molar-refractivity contribution in [2.24, 2.45) is 18.0 Å². The Morgan fingerprint density at radius 2 is 1.84 bits per heavy atom. The molecule has 2 heterocycles. The highest BCUT2D eigenvalue weighted by atomic mass is 127. The summed E-state index contributed by atoms with van der Waals surface area (Å²) in [6.45, 7) is 18.0. The van der Waals surface area contributed by atoms with Crippen molar-refractivity contribution in [3.8, 4) is 0 Å². The Bertz CT molecular complexity index is 558. The maximum absolute atomic E-state index is 4.89. The van der Waals surface area contributed by atoms with Crippen molar-refractivity contribution in [3.63, 3.8) is 0 Å². The van der Waals surface area contributed by atoms with Crippen LogP contribution in [-0.4, -0.2) is 64.8 Å². The van der Waals surface area contributed by atoms with E-state index in [2.05, 4.69) is 54.8 Å². The van der Waals surface area contributed by atoms with E-state index in [-0.39, 0.29) is 24.0 Å². The number of hydrogen-bond donors (Lipinski definition) is 1. The lowest BCUT2D eigenvalue weighted by molar-refractivity contribution is 0.164. The lowest BCUT2D eigenvalue weighted by Gasteiger charge is -2.37. The average molecular weight is 462 g/mol. The molecule has 0 aromatic carbocycles. The standard InChI is InChI=1S/C18H34N6.HI/c1-7-19-18(20-12-17-15(4)21-22(6)16(17)5)24-10-8-23(9-11-24)13-14(2)3;/h14H,7-13H2,1-6H3,(H,19,20);1H. The van der Waals surface area contributed by atoms with E-state index in [0.717, 1.165) is 50.3 Å². The number of halogens is 1. The smallest absolute Gasteiger partial charge is 0.194 e. The summed E-state index contributed by atoms with van der Waals surface area (Å²) < 4.78 is 1.94. The molecule has 1 N–H and O–H groups in total. The number of nitrogens with one attached hydrogen (secondary N) is 1. The first-order valence-electron chi connectivity index (χ1n) is 9.17. The van der Waals surface area contributed by atoms with Crippen molar-refractivity contribution >= 4 is 29.9 Å². The van der Waals surface area contributed by atoms with Crippen molar-refractivity contribution in [2.75, 3.05) is 39.3 Å². The molecule has 1 aliphatic rings. The minimum Gasteiger partial charge on any atom is -0.357 e. The van der Waals surface area contributed by atoms with Crippen LogP contribution in [0.1, 0.15) is 37.7 Å². The van der Waals surface area contributed by atoms with Gasteiger partial charge >= 0.3 is 0 Å². The lowest BCUT2D eigenvalue weighted by Crippen LogP contribution is -2.53. The molecule has 7 heteroatoms. The topological polar surface area (TPSA) is 48.7 Å². The van der Waals surface area contributed by atoms with Gasteiger partial charge in [0.1, 0.15) is 0 Å². The molecule has 1 fully saturated rings. The first-order valence-corrected chi connectivity index (χ1v) is 9.17. The quantitative estimate of drug-likeness (QED) is 0.415. The predicted octanol–water partition coefficient (Wildman–Crippen LogP) is 2.39. The van der Waals surface area contributed by atoms with Gasteiger partial charge in [-0.3, -0.25) is 9.58 Å². The molecule has 0 bridgehead atoms. The minimum atomic E-state index is 0. The summed E-state index contributed by atoms with van der Waals surface area (Å²) in [4.78, 5) is 9.83. The highest BCUT2D eigenvalue weighted by molar-refractivity contribution is 14.0. The summed E-state index contributed by atoms with van der Waals surface area (Å²) in [6.07, 6.45) is 0. The van der Waals surface area contributed by atoms with Crippen LogP contribution in [0.2, 0.25) is 0 Å². The zero-order valence-electron chi connectivity index (χ0n) is 16.7. The first kappa shape index (κ1) is 22.2. The summed E-state index contributed by atoms with van der Waals surface area (Å²) in [7, 11) is 1.99. The molecule has 0 unspecified atom stereocenters. The van der Waals surface area contributed by atoms with Crippen LogP contribution in [0.15, 0.2) is 4.99 Å². The molecule has 1 saturated heterocycles. The van der Waals surface area contributed by atoms with Crippen molar-refractivity contribution < 1.29 is 0 Å².